The van der Waals surface area contributed by atoms with Crippen molar-refractivity contribution in [3.63, 3.8) is 0 Å². The van der Waals surface area contributed by atoms with Crippen LogP contribution in [0.3, 0.4) is 0 Å². The molecule has 0 saturated carbocycles. The van der Waals surface area contributed by atoms with E-state index in [1.165, 1.54) is 11.3 Å². The van der Waals surface area contributed by atoms with Gasteiger partial charge in [0.15, 0.2) is 0 Å². The van der Waals surface area contributed by atoms with E-state index >= 15 is 0 Å². The van der Waals surface area contributed by atoms with Crippen LogP contribution in [-0.2, 0) is 17.8 Å². The molecule has 2 aromatic carbocycles. The van der Waals surface area contributed by atoms with Crippen molar-refractivity contribution in [1.29, 1.82) is 0 Å². The van der Waals surface area contributed by atoms with Gasteiger partial charge in [-0.2, -0.15) is 0 Å². The lowest BCUT2D eigenvalue weighted by Gasteiger charge is -2.12. The molecule has 1 amide bonds. The number of halogens is 1. The standard InChI is InChI=1S/C20H19ClN2O3S/c1-25-18-8-6-14(10-16(18)21)7-9-20(24)23-17-4-2-3-5-19(17)26-11-15-12-27-13-22-15/h2-6,8,10,12-13H,7,9,11H2,1H3,(H,23,24). The van der Waals surface area contributed by atoms with Gasteiger partial charge in [0.05, 0.1) is 29.0 Å². The Labute approximate surface area is 166 Å². The molecule has 0 radical (unpaired) electrons. The fourth-order valence-corrected chi connectivity index (χ4v) is 3.32. The summed E-state index contributed by atoms with van der Waals surface area (Å²) in [6, 6.07) is 12.9. The molecule has 0 fully saturated rings. The first-order valence-electron chi connectivity index (χ1n) is 8.37. The van der Waals surface area contributed by atoms with Crippen LogP contribution >= 0.6 is 22.9 Å². The lowest BCUT2D eigenvalue weighted by atomic mass is 10.1. The van der Waals surface area contributed by atoms with E-state index in [1.807, 2.05) is 41.8 Å². The van der Waals surface area contributed by atoms with Gasteiger partial charge in [-0.1, -0.05) is 29.8 Å². The number of para-hydroxylation sites is 2. The Morgan fingerprint density at radius 3 is 2.81 bits per heavy atom. The van der Waals surface area contributed by atoms with Crippen LogP contribution in [0, 0.1) is 0 Å². The van der Waals surface area contributed by atoms with E-state index < -0.39 is 0 Å². The van der Waals surface area contributed by atoms with Crippen LogP contribution in [0.2, 0.25) is 5.02 Å². The predicted octanol–water partition coefficient (Wildman–Crippen LogP) is 4.96. The molecule has 0 spiro atoms. The Balaban J connectivity index is 1.56. The summed E-state index contributed by atoms with van der Waals surface area (Å²) < 4.78 is 10.9. The molecular weight excluding hydrogens is 384 g/mol. The smallest absolute Gasteiger partial charge is 0.224 e. The van der Waals surface area contributed by atoms with Gasteiger partial charge in [-0.15, -0.1) is 11.3 Å². The van der Waals surface area contributed by atoms with Crippen LogP contribution in [-0.4, -0.2) is 18.0 Å². The van der Waals surface area contributed by atoms with Gasteiger partial charge in [-0.25, -0.2) is 4.98 Å². The summed E-state index contributed by atoms with van der Waals surface area (Å²) >= 11 is 7.65. The van der Waals surface area contributed by atoms with Gasteiger partial charge in [0.1, 0.15) is 18.1 Å². The zero-order valence-electron chi connectivity index (χ0n) is 14.8. The Morgan fingerprint density at radius 1 is 1.22 bits per heavy atom. The molecule has 3 aromatic rings. The maximum Gasteiger partial charge on any atom is 0.224 e. The molecule has 0 unspecified atom stereocenters. The van der Waals surface area contributed by atoms with E-state index in [-0.39, 0.29) is 5.91 Å². The Bertz CT molecular complexity index is 900. The highest BCUT2D eigenvalue weighted by Gasteiger charge is 2.09. The maximum atomic E-state index is 12.3. The zero-order chi connectivity index (χ0) is 19.1. The van der Waals surface area contributed by atoms with Crippen molar-refractivity contribution in [2.45, 2.75) is 19.4 Å². The quantitative estimate of drug-likeness (QED) is 0.578. The number of carbonyl (C=O) groups excluding carboxylic acids is 1. The van der Waals surface area contributed by atoms with Gasteiger partial charge in [-0.3, -0.25) is 4.79 Å². The molecule has 27 heavy (non-hydrogen) atoms. The lowest BCUT2D eigenvalue weighted by molar-refractivity contribution is -0.116. The summed E-state index contributed by atoms with van der Waals surface area (Å²) in [6.07, 6.45) is 0.917. The second kappa shape index (κ2) is 9.39. The van der Waals surface area contributed by atoms with Crippen molar-refractivity contribution < 1.29 is 14.3 Å². The van der Waals surface area contributed by atoms with Crippen molar-refractivity contribution in [3.05, 3.63) is 69.6 Å². The van der Waals surface area contributed by atoms with Crippen LogP contribution in [0.4, 0.5) is 5.69 Å². The van der Waals surface area contributed by atoms with Crippen LogP contribution in [0.25, 0.3) is 0 Å². The van der Waals surface area contributed by atoms with Crippen molar-refractivity contribution in [2.24, 2.45) is 0 Å². The summed E-state index contributed by atoms with van der Waals surface area (Å²) in [5, 5.41) is 5.38. The summed E-state index contributed by atoms with van der Waals surface area (Å²) in [4.78, 5) is 16.5. The number of rotatable bonds is 8. The van der Waals surface area contributed by atoms with Crippen LogP contribution in [0.15, 0.2) is 53.4 Å². The van der Waals surface area contributed by atoms with Gasteiger partial charge in [0.25, 0.3) is 0 Å². The van der Waals surface area contributed by atoms with Crippen LogP contribution < -0.4 is 14.8 Å². The van der Waals surface area contributed by atoms with Gasteiger partial charge < -0.3 is 14.8 Å². The average Bonchev–Trinajstić information content (AvgIpc) is 3.19. The molecule has 0 atom stereocenters. The number of hydrogen-bond donors (Lipinski definition) is 1. The van der Waals surface area contributed by atoms with Gasteiger partial charge in [-0.05, 0) is 36.2 Å². The van der Waals surface area contributed by atoms with E-state index in [4.69, 9.17) is 21.1 Å². The van der Waals surface area contributed by atoms with Crippen LogP contribution in [0.1, 0.15) is 17.7 Å². The number of aryl methyl sites for hydroxylation is 1. The normalized spacial score (nSPS) is 10.4. The number of nitrogens with zero attached hydrogens (tertiary/aromatic N) is 1. The minimum Gasteiger partial charge on any atom is -0.495 e. The van der Waals surface area contributed by atoms with E-state index in [2.05, 4.69) is 10.3 Å². The third-order valence-electron chi connectivity index (χ3n) is 3.88. The van der Waals surface area contributed by atoms with Gasteiger partial charge in [0.2, 0.25) is 5.91 Å². The number of nitrogens with one attached hydrogen (secondary N) is 1. The number of methoxy groups -OCH3 is 1. The Kier molecular flexibility index (Phi) is 6.68. The number of anilines is 1. The van der Waals surface area contributed by atoms with E-state index in [1.54, 1.807) is 18.7 Å². The Morgan fingerprint density at radius 2 is 2.07 bits per heavy atom. The highest BCUT2D eigenvalue weighted by Crippen LogP contribution is 2.27. The average molecular weight is 403 g/mol. The number of carbonyl (C=O) groups is 1. The molecule has 5 nitrogen and oxygen atoms in total. The molecule has 0 bridgehead atoms. The molecule has 1 heterocycles. The molecule has 7 heteroatoms. The largest absolute Gasteiger partial charge is 0.495 e. The van der Waals surface area contributed by atoms with Gasteiger partial charge in [0, 0.05) is 11.8 Å². The molecule has 3 rings (SSSR count). The topological polar surface area (TPSA) is 60.5 Å². The first-order valence-corrected chi connectivity index (χ1v) is 9.69. The minimum atomic E-state index is -0.0911. The van der Waals surface area contributed by atoms with E-state index in [0.29, 0.717) is 41.7 Å². The number of thiazole rings is 1. The fourth-order valence-electron chi connectivity index (χ4n) is 2.49. The molecular formula is C20H19ClN2O3S. The zero-order valence-corrected chi connectivity index (χ0v) is 16.3. The number of hydrogen-bond acceptors (Lipinski definition) is 5. The molecule has 0 aliphatic heterocycles. The number of aromatic nitrogens is 1. The minimum absolute atomic E-state index is 0.0911. The van der Waals surface area contributed by atoms with Crippen molar-refractivity contribution in [3.8, 4) is 11.5 Å². The van der Waals surface area contributed by atoms with E-state index in [9.17, 15) is 4.79 Å². The molecule has 1 aromatic heterocycles. The SMILES string of the molecule is COc1ccc(CCC(=O)Nc2ccccc2OCc2cscn2)cc1Cl. The predicted molar refractivity (Wildman–Crippen MR) is 108 cm³/mol. The monoisotopic (exact) mass is 402 g/mol. The summed E-state index contributed by atoms with van der Waals surface area (Å²) in [7, 11) is 1.57. The highest BCUT2D eigenvalue weighted by atomic mass is 35.5. The van der Waals surface area contributed by atoms with Crippen molar-refractivity contribution in [1.82, 2.24) is 4.98 Å². The van der Waals surface area contributed by atoms with Gasteiger partial charge >= 0.3 is 0 Å². The first kappa shape index (κ1) is 19.2. The third kappa shape index (κ3) is 5.45. The molecule has 0 saturated heterocycles. The van der Waals surface area contributed by atoms with Crippen molar-refractivity contribution in [2.75, 3.05) is 12.4 Å². The fraction of sp³-hybridized carbons (Fsp3) is 0.200. The summed E-state index contributed by atoms with van der Waals surface area (Å²) in [5.74, 6) is 1.15. The second-order valence-electron chi connectivity index (χ2n) is 5.78. The molecule has 140 valence electrons. The third-order valence-corrected chi connectivity index (χ3v) is 4.81. The number of amides is 1. The molecule has 0 aliphatic carbocycles. The van der Waals surface area contributed by atoms with E-state index in [0.717, 1.165) is 11.3 Å². The maximum absolute atomic E-state index is 12.3. The molecule has 1 N–H and O–H groups in total. The molecule has 0 aliphatic rings. The summed E-state index contributed by atoms with van der Waals surface area (Å²) in [5.41, 5.74) is 4.24. The second-order valence-corrected chi connectivity index (χ2v) is 6.91. The Hall–Kier alpha value is -2.57. The van der Waals surface area contributed by atoms with Crippen LogP contribution in [0.5, 0.6) is 11.5 Å². The summed E-state index contributed by atoms with van der Waals surface area (Å²) in [6.45, 7) is 0.362. The lowest BCUT2D eigenvalue weighted by Crippen LogP contribution is -2.13. The number of ether oxygens (including phenoxy) is 2. The van der Waals surface area contributed by atoms with Crippen molar-refractivity contribution >= 4 is 34.5 Å². The number of benzene rings is 2. The first-order chi connectivity index (χ1) is 13.2. The highest BCUT2D eigenvalue weighted by molar-refractivity contribution is 7.07.